The highest BCUT2D eigenvalue weighted by Crippen LogP contribution is 2.57. The summed E-state index contributed by atoms with van der Waals surface area (Å²) in [5, 5.41) is 10.7. The van der Waals surface area contributed by atoms with Crippen LogP contribution in [0.15, 0.2) is 0 Å². The standard InChI is InChI=1S/C10H18O3/c1-4-5-13-6-7-8(9(11)12)10(7,2)3/h7-8H,4-6H2,1-3H3,(H,11,12)/p-1. The van der Waals surface area contributed by atoms with Gasteiger partial charge >= 0.3 is 0 Å². The maximum Gasteiger partial charge on any atom is 0.0506 e. The zero-order chi connectivity index (χ0) is 10.1. The van der Waals surface area contributed by atoms with E-state index >= 15 is 0 Å². The van der Waals surface area contributed by atoms with Crippen LogP contribution < -0.4 is 5.11 Å². The molecule has 1 rings (SSSR count). The quantitative estimate of drug-likeness (QED) is 0.584. The lowest BCUT2D eigenvalue weighted by Crippen LogP contribution is -2.26. The number of rotatable bonds is 5. The summed E-state index contributed by atoms with van der Waals surface area (Å²) >= 11 is 0. The summed E-state index contributed by atoms with van der Waals surface area (Å²) < 4.78 is 5.33. The second-order valence-corrected chi connectivity index (χ2v) is 4.30. The Balaban J connectivity index is 2.33. The molecule has 0 aromatic carbocycles. The van der Waals surface area contributed by atoms with Gasteiger partial charge in [-0.05, 0) is 17.8 Å². The number of aliphatic carboxylic acids is 1. The molecule has 2 unspecified atom stereocenters. The van der Waals surface area contributed by atoms with Gasteiger partial charge in [-0.3, -0.25) is 0 Å². The van der Waals surface area contributed by atoms with Crippen molar-refractivity contribution < 1.29 is 14.6 Å². The van der Waals surface area contributed by atoms with Crippen molar-refractivity contribution in [1.82, 2.24) is 0 Å². The number of carboxylic acid groups (broad SMARTS) is 1. The smallest absolute Gasteiger partial charge is 0.0506 e. The fourth-order valence-corrected chi connectivity index (χ4v) is 1.88. The Labute approximate surface area is 79.1 Å². The zero-order valence-electron chi connectivity index (χ0n) is 8.50. The number of hydrogen-bond donors (Lipinski definition) is 0. The summed E-state index contributed by atoms with van der Waals surface area (Å²) in [5.74, 6) is -1.11. The molecule has 1 fully saturated rings. The van der Waals surface area contributed by atoms with Crippen LogP contribution in [-0.2, 0) is 9.53 Å². The van der Waals surface area contributed by atoms with E-state index < -0.39 is 5.97 Å². The predicted molar refractivity (Wildman–Crippen MR) is 46.9 cm³/mol. The molecule has 0 aromatic rings. The summed E-state index contributed by atoms with van der Waals surface area (Å²) in [4.78, 5) is 10.7. The third-order valence-corrected chi connectivity index (χ3v) is 2.95. The van der Waals surface area contributed by atoms with Crippen LogP contribution in [0.2, 0.25) is 0 Å². The first-order valence-electron chi connectivity index (χ1n) is 4.80. The monoisotopic (exact) mass is 185 g/mol. The van der Waals surface area contributed by atoms with Gasteiger partial charge in [-0.15, -0.1) is 0 Å². The van der Waals surface area contributed by atoms with Crippen molar-refractivity contribution >= 4 is 5.97 Å². The maximum absolute atomic E-state index is 10.7. The Morgan fingerprint density at radius 3 is 2.54 bits per heavy atom. The van der Waals surface area contributed by atoms with E-state index in [4.69, 9.17) is 4.74 Å². The van der Waals surface area contributed by atoms with Gasteiger partial charge in [0.1, 0.15) is 0 Å². The Morgan fingerprint density at radius 1 is 1.54 bits per heavy atom. The molecule has 13 heavy (non-hydrogen) atoms. The summed E-state index contributed by atoms with van der Waals surface area (Å²) in [7, 11) is 0. The van der Waals surface area contributed by atoms with Crippen molar-refractivity contribution in [2.45, 2.75) is 27.2 Å². The molecule has 0 radical (unpaired) electrons. The highest BCUT2D eigenvalue weighted by Gasteiger charge is 2.58. The summed E-state index contributed by atoms with van der Waals surface area (Å²) in [6.45, 7) is 7.21. The Kier molecular flexibility index (Phi) is 2.96. The Morgan fingerprint density at radius 2 is 2.15 bits per heavy atom. The van der Waals surface area contributed by atoms with Gasteiger partial charge in [-0.2, -0.15) is 0 Å². The van der Waals surface area contributed by atoms with Gasteiger partial charge in [-0.25, -0.2) is 0 Å². The van der Waals surface area contributed by atoms with Gasteiger partial charge in [0.05, 0.1) is 6.61 Å². The average molecular weight is 185 g/mol. The van der Waals surface area contributed by atoms with E-state index in [9.17, 15) is 9.90 Å². The third kappa shape index (κ3) is 2.02. The van der Waals surface area contributed by atoms with E-state index in [1.807, 2.05) is 20.8 Å². The molecule has 3 nitrogen and oxygen atoms in total. The first-order valence-corrected chi connectivity index (χ1v) is 4.80. The maximum atomic E-state index is 10.7. The number of ether oxygens (including phenoxy) is 1. The molecule has 1 saturated carbocycles. The molecule has 76 valence electrons. The minimum absolute atomic E-state index is 0.132. The molecule has 0 aliphatic heterocycles. The van der Waals surface area contributed by atoms with Gasteiger partial charge < -0.3 is 14.6 Å². The largest absolute Gasteiger partial charge is 0.550 e. The number of carboxylic acids is 1. The van der Waals surface area contributed by atoms with E-state index in [0.29, 0.717) is 13.2 Å². The SMILES string of the molecule is CCCOCC1C(C(=O)[O-])C1(C)C. The van der Waals surface area contributed by atoms with Crippen LogP contribution in [0.5, 0.6) is 0 Å². The van der Waals surface area contributed by atoms with E-state index in [0.717, 1.165) is 6.42 Å². The minimum Gasteiger partial charge on any atom is -0.550 e. The lowest BCUT2D eigenvalue weighted by atomic mass is 10.1. The first-order chi connectivity index (χ1) is 6.01. The molecule has 0 heterocycles. The fourth-order valence-electron chi connectivity index (χ4n) is 1.88. The number of carbonyl (C=O) groups excluding carboxylic acids is 1. The van der Waals surface area contributed by atoms with Gasteiger partial charge in [-0.1, -0.05) is 20.8 Å². The summed E-state index contributed by atoms with van der Waals surface area (Å²) in [6.07, 6.45) is 0.975. The second kappa shape index (κ2) is 3.66. The van der Waals surface area contributed by atoms with Crippen molar-refractivity contribution in [3.63, 3.8) is 0 Å². The predicted octanol–water partition coefficient (Wildman–Crippen LogP) is 0.435. The van der Waals surface area contributed by atoms with Crippen LogP contribution in [0.25, 0.3) is 0 Å². The Bertz CT molecular complexity index is 198. The topological polar surface area (TPSA) is 49.4 Å². The molecule has 0 bridgehead atoms. The van der Waals surface area contributed by atoms with E-state index in [1.165, 1.54) is 0 Å². The first kappa shape index (κ1) is 10.5. The van der Waals surface area contributed by atoms with Gasteiger partial charge in [0.15, 0.2) is 0 Å². The fraction of sp³-hybridized carbons (Fsp3) is 0.900. The zero-order valence-corrected chi connectivity index (χ0v) is 8.50. The third-order valence-electron chi connectivity index (χ3n) is 2.95. The van der Waals surface area contributed by atoms with Crippen LogP contribution in [0, 0.1) is 17.3 Å². The second-order valence-electron chi connectivity index (χ2n) is 4.30. The van der Waals surface area contributed by atoms with Crippen molar-refractivity contribution in [3.05, 3.63) is 0 Å². The highest BCUT2D eigenvalue weighted by molar-refractivity contribution is 5.73. The van der Waals surface area contributed by atoms with Crippen LogP contribution in [0.4, 0.5) is 0 Å². The normalized spacial score (nSPS) is 30.1. The molecule has 1 aliphatic carbocycles. The average Bonchev–Trinajstić information content (AvgIpc) is 2.54. The summed E-state index contributed by atoms with van der Waals surface area (Å²) in [6, 6.07) is 0. The molecule has 0 amide bonds. The van der Waals surface area contributed by atoms with E-state index in [2.05, 4.69) is 0 Å². The van der Waals surface area contributed by atoms with Crippen molar-refractivity contribution in [3.8, 4) is 0 Å². The van der Waals surface area contributed by atoms with Crippen molar-refractivity contribution in [1.29, 1.82) is 0 Å². The molecule has 0 aromatic heterocycles. The molecule has 2 atom stereocenters. The highest BCUT2D eigenvalue weighted by atomic mass is 16.5. The lowest BCUT2D eigenvalue weighted by molar-refractivity contribution is -0.309. The number of carbonyl (C=O) groups is 1. The van der Waals surface area contributed by atoms with Crippen molar-refractivity contribution in [2.24, 2.45) is 17.3 Å². The van der Waals surface area contributed by atoms with E-state index in [-0.39, 0.29) is 17.3 Å². The van der Waals surface area contributed by atoms with Crippen molar-refractivity contribution in [2.75, 3.05) is 13.2 Å². The lowest BCUT2D eigenvalue weighted by Gasteiger charge is -2.02. The minimum atomic E-state index is -0.935. The van der Waals surface area contributed by atoms with Gasteiger partial charge in [0, 0.05) is 18.5 Å². The molecule has 0 spiro atoms. The van der Waals surface area contributed by atoms with Gasteiger partial charge in [0.25, 0.3) is 0 Å². The van der Waals surface area contributed by atoms with Crippen LogP contribution >= 0.6 is 0 Å². The summed E-state index contributed by atoms with van der Waals surface area (Å²) in [5.41, 5.74) is -0.132. The van der Waals surface area contributed by atoms with Crippen LogP contribution in [0.3, 0.4) is 0 Å². The van der Waals surface area contributed by atoms with Gasteiger partial charge in [0.2, 0.25) is 0 Å². The molecule has 0 N–H and O–H groups in total. The van der Waals surface area contributed by atoms with Crippen LogP contribution in [0.1, 0.15) is 27.2 Å². The molecular formula is C10H17O3-. The Hall–Kier alpha value is -0.570. The molecule has 0 saturated heterocycles. The van der Waals surface area contributed by atoms with E-state index in [1.54, 1.807) is 0 Å². The molecular weight excluding hydrogens is 168 g/mol. The van der Waals surface area contributed by atoms with Crippen LogP contribution in [-0.4, -0.2) is 19.2 Å². The number of hydrogen-bond acceptors (Lipinski definition) is 3. The molecule has 3 heteroatoms. The molecule has 1 aliphatic rings.